The number of hydrogen-bond donors (Lipinski definition) is 1. The molecule has 1 unspecified atom stereocenters. The van der Waals surface area contributed by atoms with E-state index in [0.29, 0.717) is 11.5 Å². The predicted molar refractivity (Wildman–Crippen MR) is 80.1 cm³/mol. The monoisotopic (exact) mass is 258 g/mol. The first-order valence-electron chi connectivity index (χ1n) is 7.80. The molecule has 0 amide bonds. The van der Waals surface area contributed by atoms with Crippen LogP contribution in [0.15, 0.2) is 24.3 Å². The number of nitrogens with one attached hydrogen (secondary N) is 1. The fraction of sp³-hybridized carbons (Fsp3) is 0.647. The minimum Gasteiger partial charge on any atom is -0.311 e. The first kappa shape index (κ1) is 13.1. The molecule has 2 nitrogen and oxygen atoms in total. The van der Waals surface area contributed by atoms with E-state index < -0.39 is 0 Å². The Labute approximate surface area is 117 Å². The van der Waals surface area contributed by atoms with Crippen LogP contribution < -0.4 is 5.32 Å². The molecule has 2 aliphatic rings. The molecule has 1 saturated heterocycles. The van der Waals surface area contributed by atoms with Crippen LogP contribution in [0.1, 0.15) is 50.3 Å². The Morgan fingerprint density at radius 3 is 2.79 bits per heavy atom. The van der Waals surface area contributed by atoms with Gasteiger partial charge in [-0.3, -0.25) is 4.90 Å². The summed E-state index contributed by atoms with van der Waals surface area (Å²) in [6.07, 6.45) is 4.02. The van der Waals surface area contributed by atoms with E-state index in [1.54, 1.807) is 5.56 Å². The molecule has 19 heavy (non-hydrogen) atoms. The van der Waals surface area contributed by atoms with Crippen molar-refractivity contribution in [1.29, 1.82) is 0 Å². The number of hydrogen-bond acceptors (Lipinski definition) is 2. The lowest BCUT2D eigenvalue weighted by Gasteiger charge is -2.35. The van der Waals surface area contributed by atoms with Gasteiger partial charge in [-0.25, -0.2) is 0 Å². The van der Waals surface area contributed by atoms with Gasteiger partial charge in [0.1, 0.15) is 0 Å². The molecule has 1 atom stereocenters. The van der Waals surface area contributed by atoms with Gasteiger partial charge >= 0.3 is 0 Å². The van der Waals surface area contributed by atoms with E-state index in [1.165, 1.54) is 37.9 Å². The van der Waals surface area contributed by atoms with Crippen LogP contribution in [0.4, 0.5) is 0 Å². The summed E-state index contributed by atoms with van der Waals surface area (Å²) >= 11 is 0. The third-order valence-corrected chi connectivity index (χ3v) is 5.48. The van der Waals surface area contributed by atoms with Gasteiger partial charge in [0.15, 0.2) is 0 Å². The Balaban J connectivity index is 1.82. The molecule has 0 aliphatic carbocycles. The number of benzene rings is 1. The van der Waals surface area contributed by atoms with Crippen molar-refractivity contribution in [2.24, 2.45) is 5.41 Å². The van der Waals surface area contributed by atoms with Crippen molar-refractivity contribution >= 4 is 0 Å². The van der Waals surface area contributed by atoms with Crippen LogP contribution in [0.3, 0.4) is 0 Å². The second-order valence-electron chi connectivity index (χ2n) is 6.27. The average Bonchev–Trinajstić information content (AvgIpc) is 2.92. The van der Waals surface area contributed by atoms with Crippen molar-refractivity contribution in [3.8, 4) is 0 Å². The zero-order valence-corrected chi connectivity index (χ0v) is 12.3. The van der Waals surface area contributed by atoms with Gasteiger partial charge in [0.05, 0.1) is 0 Å². The van der Waals surface area contributed by atoms with Crippen molar-refractivity contribution in [1.82, 2.24) is 10.2 Å². The fourth-order valence-electron chi connectivity index (χ4n) is 3.86. The van der Waals surface area contributed by atoms with Gasteiger partial charge in [-0.1, -0.05) is 38.1 Å². The quantitative estimate of drug-likeness (QED) is 0.894. The summed E-state index contributed by atoms with van der Waals surface area (Å²) < 4.78 is 0. The van der Waals surface area contributed by atoms with E-state index in [-0.39, 0.29) is 0 Å². The van der Waals surface area contributed by atoms with Gasteiger partial charge in [0, 0.05) is 25.7 Å². The average molecular weight is 258 g/mol. The summed E-state index contributed by atoms with van der Waals surface area (Å²) in [5, 5.41) is 3.59. The van der Waals surface area contributed by atoms with Crippen molar-refractivity contribution in [3.63, 3.8) is 0 Å². The maximum atomic E-state index is 3.59. The van der Waals surface area contributed by atoms with Crippen molar-refractivity contribution in [2.75, 3.05) is 19.6 Å². The van der Waals surface area contributed by atoms with Crippen LogP contribution in [0.5, 0.6) is 0 Å². The highest BCUT2D eigenvalue weighted by molar-refractivity contribution is 5.32. The minimum absolute atomic E-state index is 0.576. The summed E-state index contributed by atoms with van der Waals surface area (Å²) in [4.78, 5) is 2.72. The number of rotatable bonds is 3. The standard InChI is InChI=1S/C17H26N2/c1-3-17(4-2)9-10-19(13-17)16-12-18-11-14-7-5-6-8-15(14)16/h5-8,16,18H,3-4,9-13H2,1-2H3. The molecule has 0 radical (unpaired) electrons. The van der Waals surface area contributed by atoms with E-state index in [9.17, 15) is 0 Å². The van der Waals surface area contributed by atoms with Gasteiger partial charge in [0.2, 0.25) is 0 Å². The van der Waals surface area contributed by atoms with Gasteiger partial charge in [-0.2, -0.15) is 0 Å². The molecular formula is C17H26N2. The van der Waals surface area contributed by atoms with Gasteiger partial charge in [0.25, 0.3) is 0 Å². The number of nitrogens with zero attached hydrogens (tertiary/aromatic N) is 1. The highest BCUT2D eigenvalue weighted by atomic mass is 15.2. The van der Waals surface area contributed by atoms with Crippen LogP contribution in [0.25, 0.3) is 0 Å². The molecule has 0 spiro atoms. The second kappa shape index (κ2) is 5.26. The lowest BCUT2D eigenvalue weighted by atomic mass is 9.82. The van der Waals surface area contributed by atoms with Crippen molar-refractivity contribution in [3.05, 3.63) is 35.4 Å². The highest BCUT2D eigenvalue weighted by Gasteiger charge is 2.38. The van der Waals surface area contributed by atoms with Crippen LogP contribution in [-0.2, 0) is 6.54 Å². The fourth-order valence-corrected chi connectivity index (χ4v) is 3.86. The Hall–Kier alpha value is -0.860. The number of fused-ring (bicyclic) bond motifs is 1. The Kier molecular flexibility index (Phi) is 3.64. The molecule has 2 heterocycles. The Bertz CT molecular complexity index is 437. The molecule has 2 heteroatoms. The maximum Gasteiger partial charge on any atom is 0.0476 e. The summed E-state index contributed by atoms with van der Waals surface area (Å²) in [7, 11) is 0. The summed E-state index contributed by atoms with van der Waals surface area (Å²) in [5.41, 5.74) is 3.63. The van der Waals surface area contributed by atoms with Gasteiger partial charge < -0.3 is 5.32 Å². The normalized spacial score (nSPS) is 26.3. The second-order valence-corrected chi connectivity index (χ2v) is 6.27. The third kappa shape index (κ3) is 2.32. The molecule has 1 fully saturated rings. The Morgan fingerprint density at radius 1 is 1.26 bits per heavy atom. The lowest BCUT2D eigenvalue weighted by Crippen LogP contribution is -2.39. The zero-order valence-electron chi connectivity index (χ0n) is 12.3. The van der Waals surface area contributed by atoms with Crippen LogP contribution in [0, 0.1) is 5.41 Å². The van der Waals surface area contributed by atoms with Gasteiger partial charge in [-0.15, -0.1) is 0 Å². The van der Waals surface area contributed by atoms with Crippen molar-refractivity contribution in [2.45, 2.75) is 45.7 Å². The first-order valence-corrected chi connectivity index (χ1v) is 7.80. The molecule has 0 saturated carbocycles. The molecule has 1 aromatic rings. The van der Waals surface area contributed by atoms with E-state index >= 15 is 0 Å². The molecule has 0 aromatic heterocycles. The molecule has 2 aliphatic heterocycles. The van der Waals surface area contributed by atoms with E-state index in [2.05, 4.69) is 48.3 Å². The molecular weight excluding hydrogens is 232 g/mol. The number of likely N-dealkylation sites (tertiary alicyclic amines) is 1. The lowest BCUT2D eigenvalue weighted by molar-refractivity contribution is 0.185. The summed E-state index contributed by atoms with van der Waals surface area (Å²) in [5.74, 6) is 0. The molecule has 1 aromatic carbocycles. The summed E-state index contributed by atoms with van der Waals surface area (Å²) in [6, 6.07) is 9.55. The third-order valence-electron chi connectivity index (χ3n) is 5.48. The van der Waals surface area contributed by atoms with Crippen LogP contribution >= 0.6 is 0 Å². The Morgan fingerprint density at radius 2 is 2.05 bits per heavy atom. The van der Waals surface area contributed by atoms with E-state index in [4.69, 9.17) is 0 Å². The molecule has 3 rings (SSSR count). The maximum absolute atomic E-state index is 3.59. The predicted octanol–water partition coefficient (Wildman–Crippen LogP) is 3.34. The van der Waals surface area contributed by atoms with E-state index in [0.717, 1.165) is 13.1 Å². The zero-order chi connectivity index (χ0) is 13.3. The van der Waals surface area contributed by atoms with Gasteiger partial charge in [-0.05, 0) is 42.3 Å². The van der Waals surface area contributed by atoms with Crippen molar-refractivity contribution < 1.29 is 0 Å². The highest BCUT2D eigenvalue weighted by Crippen LogP contribution is 2.41. The minimum atomic E-state index is 0.576. The van der Waals surface area contributed by atoms with Crippen LogP contribution in [0.2, 0.25) is 0 Å². The molecule has 104 valence electrons. The molecule has 0 bridgehead atoms. The largest absolute Gasteiger partial charge is 0.311 e. The SMILES string of the molecule is CCC1(CC)CCN(C2CNCc3ccccc32)C1. The molecule has 1 N–H and O–H groups in total. The first-order chi connectivity index (χ1) is 9.28. The van der Waals surface area contributed by atoms with E-state index in [1.807, 2.05) is 0 Å². The topological polar surface area (TPSA) is 15.3 Å². The van der Waals surface area contributed by atoms with Crippen LogP contribution in [-0.4, -0.2) is 24.5 Å². The smallest absolute Gasteiger partial charge is 0.0476 e. The summed E-state index contributed by atoms with van der Waals surface area (Å²) in [6.45, 7) is 9.41.